The summed E-state index contributed by atoms with van der Waals surface area (Å²) in [5, 5.41) is 24.7. The summed E-state index contributed by atoms with van der Waals surface area (Å²) in [6, 6.07) is 10.0. The minimum absolute atomic E-state index is 0.0209. The highest BCUT2D eigenvalue weighted by atomic mass is 16.3. The number of carbonyl (C=O) groups excluding carboxylic acids is 2. The van der Waals surface area contributed by atoms with Gasteiger partial charge in [-0.05, 0) is 74.7 Å². The molecule has 4 bridgehead atoms. The number of nitrogens with one attached hydrogen (secondary N) is 1. The van der Waals surface area contributed by atoms with Gasteiger partial charge in [0.2, 0.25) is 5.91 Å². The third-order valence-corrected chi connectivity index (χ3v) is 9.81. The Kier molecular flexibility index (Phi) is 6.04. The Balaban J connectivity index is 1.05. The molecular formula is C28H39N3O4. The highest BCUT2D eigenvalue weighted by Crippen LogP contribution is 2.60. The Labute approximate surface area is 207 Å². The van der Waals surface area contributed by atoms with Crippen molar-refractivity contribution in [1.82, 2.24) is 15.1 Å². The van der Waals surface area contributed by atoms with Crippen molar-refractivity contribution >= 4 is 11.9 Å². The fourth-order valence-electron chi connectivity index (χ4n) is 8.28. The van der Waals surface area contributed by atoms with E-state index in [9.17, 15) is 19.8 Å². The number of piperidine rings is 2. The quantitative estimate of drug-likeness (QED) is 0.619. The Morgan fingerprint density at radius 2 is 1.63 bits per heavy atom. The minimum atomic E-state index is -0.568. The third-order valence-electron chi connectivity index (χ3n) is 9.81. The molecule has 4 aliphatic carbocycles. The van der Waals surface area contributed by atoms with Crippen molar-refractivity contribution in [3.63, 3.8) is 0 Å². The molecule has 1 aromatic carbocycles. The maximum atomic E-state index is 13.5. The van der Waals surface area contributed by atoms with Crippen molar-refractivity contribution in [2.24, 2.45) is 23.2 Å². The first-order valence-corrected chi connectivity index (χ1v) is 13.7. The van der Waals surface area contributed by atoms with E-state index in [1.165, 1.54) is 0 Å². The van der Waals surface area contributed by atoms with Crippen molar-refractivity contribution in [1.29, 1.82) is 0 Å². The Hall–Kier alpha value is -2.12. The second-order valence-corrected chi connectivity index (χ2v) is 12.1. The summed E-state index contributed by atoms with van der Waals surface area (Å²) >= 11 is 0. The third kappa shape index (κ3) is 4.25. The number of amides is 3. The fraction of sp³-hybridized carbons (Fsp3) is 0.714. The van der Waals surface area contributed by atoms with E-state index in [-0.39, 0.29) is 47.3 Å². The number of benzene rings is 1. The number of rotatable bonds is 3. The lowest BCUT2D eigenvalue weighted by Gasteiger charge is -2.58. The molecule has 7 heteroatoms. The molecule has 7 nitrogen and oxygen atoms in total. The molecule has 5 atom stereocenters. The van der Waals surface area contributed by atoms with Crippen LogP contribution in [0.2, 0.25) is 0 Å². The Morgan fingerprint density at radius 3 is 2.34 bits per heavy atom. The standard InChI is InChI=1S/C28H39N3O4/c32-24-17-31(10-8-23(24)19-5-2-1-3-6-19)27(35)30-9-4-7-22(16-30)29-26(34)28-13-18-11-20(14-28)25(33)21(12-18)15-28/h1-3,5-6,18,20-25,32-33H,4,7-17H2,(H,29,34)/t18?,20?,21?,22-,23+,24-,25?,28?/m0/s1. The van der Waals surface area contributed by atoms with Crippen LogP contribution in [0.25, 0.3) is 0 Å². The van der Waals surface area contributed by atoms with E-state index < -0.39 is 6.10 Å². The van der Waals surface area contributed by atoms with Crippen molar-refractivity contribution < 1.29 is 19.8 Å². The van der Waals surface area contributed by atoms with Gasteiger partial charge in [-0.25, -0.2) is 4.79 Å². The van der Waals surface area contributed by atoms with Crippen LogP contribution >= 0.6 is 0 Å². The van der Waals surface area contributed by atoms with Crippen molar-refractivity contribution in [3.8, 4) is 0 Å². The molecule has 0 radical (unpaired) electrons. The first-order valence-electron chi connectivity index (χ1n) is 13.7. The van der Waals surface area contributed by atoms with E-state index in [1.54, 1.807) is 4.90 Å². The predicted molar refractivity (Wildman–Crippen MR) is 132 cm³/mol. The summed E-state index contributed by atoms with van der Waals surface area (Å²) in [4.78, 5) is 30.5. The van der Waals surface area contributed by atoms with E-state index in [4.69, 9.17) is 0 Å². The van der Waals surface area contributed by atoms with E-state index in [1.807, 2.05) is 35.2 Å². The van der Waals surface area contributed by atoms with E-state index >= 15 is 0 Å². The fourth-order valence-corrected chi connectivity index (χ4v) is 8.28. The molecule has 1 aromatic rings. The largest absolute Gasteiger partial charge is 0.393 e. The molecule has 2 unspecified atom stereocenters. The van der Waals surface area contributed by atoms with Gasteiger partial charge in [0, 0.05) is 38.1 Å². The van der Waals surface area contributed by atoms with Crippen molar-refractivity contribution in [2.45, 2.75) is 75.5 Å². The molecule has 35 heavy (non-hydrogen) atoms. The molecule has 190 valence electrons. The maximum absolute atomic E-state index is 13.5. The number of likely N-dealkylation sites (tertiary alicyclic amines) is 2. The zero-order chi connectivity index (χ0) is 24.2. The van der Waals surface area contributed by atoms with E-state index in [2.05, 4.69) is 5.32 Å². The first kappa shape index (κ1) is 23.3. The van der Waals surface area contributed by atoms with Gasteiger partial charge in [0.05, 0.1) is 17.6 Å². The number of aliphatic hydroxyl groups excluding tert-OH is 2. The highest BCUT2D eigenvalue weighted by Gasteiger charge is 2.58. The Morgan fingerprint density at radius 1 is 0.914 bits per heavy atom. The molecule has 3 N–H and O–H groups in total. The number of urea groups is 1. The summed E-state index contributed by atoms with van der Waals surface area (Å²) in [7, 11) is 0. The molecule has 6 aliphatic rings. The minimum Gasteiger partial charge on any atom is -0.393 e. The van der Waals surface area contributed by atoms with E-state index in [0.717, 1.165) is 56.9 Å². The molecule has 0 aromatic heterocycles. The molecule has 7 rings (SSSR count). The molecule has 0 spiro atoms. The van der Waals surface area contributed by atoms with Crippen LogP contribution in [-0.2, 0) is 4.79 Å². The SMILES string of the molecule is O=C(N1CCC[C@H](NC(=O)C23CC4CC(C2)C(O)C(C4)C3)C1)N1CC[C@H](c2ccccc2)[C@@H](O)C1. The summed E-state index contributed by atoms with van der Waals surface area (Å²) in [6.07, 6.45) is 6.47. The van der Waals surface area contributed by atoms with Crippen LogP contribution in [-0.4, -0.2) is 76.4 Å². The van der Waals surface area contributed by atoms with Crippen LogP contribution in [0.15, 0.2) is 30.3 Å². The number of hydrogen-bond acceptors (Lipinski definition) is 4. The van der Waals surface area contributed by atoms with Crippen LogP contribution in [0.1, 0.15) is 62.8 Å². The lowest BCUT2D eigenvalue weighted by atomic mass is 9.48. The maximum Gasteiger partial charge on any atom is 0.320 e. The van der Waals surface area contributed by atoms with Crippen molar-refractivity contribution in [2.75, 3.05) is 26.2 Å². The van der Waals surface area contributed by atoms with Gasteiger partial charge in [-0.1, -0.05) is 30.3 Å². The number of β-amino-alcohol motifs (C(OH)–C–C–N with tert-alkyl or cyclic N) is 1. The normalized spacial score (nSPS) is 40.6. The van der Waals surface area contributed by atoms with Crippen LogP contribution in [0.4, 0.5) is 4.79 Å². The summed E-state index contributed by atoms with van der Waals surface area (Å²) in [6.45, 7) is 2.22. The first-order chi connectivity index (χ1) is 16.9. The van der Waals surface area contributed by atoms with Crippen LogP contribution in [0.3, 0.4) is 0 Å². The van der Waals surface area contributed by atoms with Crippen LogP contribution in [0.5, 0.6) is 0 Å². The predicted octanol–water partition coefficient (Wildman–Crippen LogP) is 2.72. The molecule has 2 heterocycles. The monoisotopic (exact) mass is 481 g/mol. The van der Waals surface area contributed by atoms with Crippen LogP contribution < -0.4 is 5.32 Å². The lowest BCUT2D eigenvalue weighted by molar-refractivity contribution is -0.163. The van der Waals surface area contributed by atoms with Crippen molar-refractivity contribution in [3.05, 3.63) is 35.9 Å². The van der Waals surface area contributed by atoms with Gasteiger partial charge in [0.25, 0.3) is 0 Å². The second-order valence-electron chi connectivity index (χ2n) is 12.1. The smallest absolute Gasteiger partial charge is 0.320 e. The number of carbonyl (C=O) groups is 2. The molecular weight excluding hydrogens is 442 g/mol. The summed E-state index contributed by atoms with van der Waals surface area (Å²) in [5.41, 5.74) is 0.816. The van der Waals surface area contributed by atoms with Gasteiger partial charge >= 0.3 is 6.03 Å². The molecule has 3 amide bonds. The molecule has 2 aliphatic heterocycles. The second kappa shape index (κ2) is 9.07. The molecule has 6 fully saturated rings. The lowest BCUT2D eigenvalue weighted by Crippen LogP contribution is -2.61. The number of aliphatic hydroxyl groups is 2. The van der Waals surface area contributed by atoms with Gasteiger partial charge in [0.1, 0.15) is 0 Å². The number of nitrogens with zero attached hydrogens (tertiary/aromatic N) is 2. The summed E-state index contributed by atoms with van der Waals surface area (Å²) < 4.78 is 0. The van der Waals surface area contributed by atoms with Gasteiger partial charge < -0.3 is 25.3 Å². The van der Waals surface area contributed by atoms with Gasteiger partial charge in [-0.3, -0.25) is 4.79 Å². The van der Waals surface area contributed by atoms with Gasteiger partial charge in [-0.2, -0.15) is 0 Å². The van der Waals surface area contributed by atoms with E-state index in [0.29, 0.717) is 32.1 Å². The topological polar surface area (TPSA) is 93.1 Å². The highest BCUT2D eigenvalue weighted by molar-refractivity contribution is 5.83. The van der Waals surface area contributed by atoms with Gasteiger partial charge in [-0.15, -0.1) is 0 Å². The van der Waals surface area contributed by atoms with Gasteiger partial charge in [0.15, 0.2) is 0 Å². The average Bonchev–Trinajstić information content (AvgIpc) is 2.87. The average molecular weight is 482 g/mol. The molecule has 4 saturated carbocycles. The summed E-state index contributed by atoms with van der Waals surface area (Å²) in [5.74, 6) is 1.36. The zero-order valence-electron chi connectivity index (χ0n) is 20.5. The zero-order valence-corrected chi connectivity index (χ0v) is 20.5. The van der Waals surface area contributed by atoms with Crippen LogP contribution in [0, 0.1) is 23.2 Å². The molecule has 2 saturated heterocycles. The Bertz CT molecular complexity index is 939. The number of hydrogen-bond donors (Lipinski definition) is 3.